The molecule has 0 amide bonds. The molecule has 1 aliphatic heterocycles. The number of ether oxygens (including phenoxy) is 1. The predicted octanol–water partition coefficient (Wildman–Crippen LogP) is 4.01. The molecule has 2 unspecified atom stereocenters. The minimum atomic E-state index is 0.00271. The smallest absolute Gasteiger partial charge is 0.0931 e. The van der Waals surface area contributed by atoms with Gasteiger partial charge in [-0.1, -0.05) is 11.6 Å². The molecule has 1 aromatic heterocycles. The van der Waals surface area contributed by atoms with Crippen LogP contribution < -0.4 is 5.32 Å². The van der Waals surface area contributed by atoms with Crippen LogP contribution in [0.3, 0.4) is 0 Å². The number of hydrogen-bond donors (Lipinski definition) is 1. The molecule has 0 bridgehead atoms. The molecule has 0 spiro atoms. The van der Waals surface area contributed by atoms with Crippen LogP contribution in [0.1, 0.15) is 44.5 Å². The Balaban J connectivity index is 1.92. The van der Waals surface area contributed by atoms with Gasteiger partial charge in [-0.15, -0.1) is 11.3 Å². The van der Waals surface area contributed by atoms with E-state index in [9.17, 15) is 0 Å². The summed E-state index contributed by atoms with van der Waals surface area (Å²) < 4.78 is 6.59. The first-order valence-electron chi connectivity index (χ1n) is 6.11. The zero-order chi connectivity index (χ0) is 12.5. The van der Waals surface area contributed by atoms with Crippen LogP contribution in [0.4, 0.5) is 0 Å². The second kappa shape index (κ2) is 5.27. The van der Waals surface area contributed by atoms with E-state index in [0.717, 1.165) is 23.8 Å². The summed E-state index contributed by atoms with van der Waals surface area (Å²) in [6.07, 6.45) is 2.16. The Labute approximate surface area is 112 Å². The zero-order valence-electron chi connectivity index (χ0n) is 10.6. The summed E-state index contributed by atoms with van der Waals surface area (Å²) in [4.78, 5) is 1.30. The molecular weight excluding hydrogens is 254 g/mol. The van der Waals surface area contributed by atoms with E-state index in [0.29, 0.717) is 12.1 Å². The van der Waals surface area contributed by atoms with Gasteiger partial charge in [-0.3, -0.25) is 0 Å². The Bertz CT molecular complexity index is 377. The van der Waals surface area contributed by atoms with E-state index >= 15 is 0 Å². The molecule has 1 saturated heterocycles. The average Bonchev–Trinajstić information content (AvgIpc) is 2.63. The first-order valence-corrected chi connectivity index (χ1v) is 7.31. The molecule has 17 heavy (non-hydrogen) atoms. The van der Waals surface area contributed by atoms with Gasteiger partial charge >= 0.3 is 0 Å². The van der Waals surface area contributed by atoms with E-state index in [2.05, 4.69) is 32.2 Å². The molecule has 2 rings (SSSR count). The van der Waals surface area contributed by atoms with Crippen molar-refractivity contribution in [3.05, 3.63) is 21.3 Å². The quantitative estimate of drug-likeness (QED) is 0.898. The van der Waals surface area contributed by atoms with Gasteiger partial charge in [-0.25, -0.2) is 0 Å². The Morgan fingerprint density at radius 2 is 2.29 bits per heavy atom. The summed E-state index contributed by atoms with van der Waals surface area (Å²) in [5, 5.41) is 3.68. The summed E-state index contributed by atoms with van der Waals surface area (Å²) in [6, 6.07) is 4.98. The van der Waals surface area contributed by atoms with Crippen molar-refractivity contribution in [1.82, 2.24) is 5.32 Å². The molecule has 0 radical (unpaired) electrons. The second-order valence-electron chi connectivity index (χ2n) is 5.33. The first-order chi connectivity index (χ1) is 7.96. The van der Waals surface area contributed by atoms with Crippen LogP contribution in [0.5, 0.6) is 0 Å². The summed E-state index contributed by atoms with van der Waals surface area (Å²) in [7, 11) is 0. The van der Waals surface area contributed by atoms with E-state index in [1.165, 1.54) is 4.88 Å². The van der Waals surface area contributed by atoms with Gasteiger partial charge in [0, 0.05) is 23.6 Å². The van der Waals surface area contributed by atoms with Gasteiger partial charge in [-0.05, 0) is 45.7 Å². The van der Waals surface area contributed by atoms with Crippen LogP contribution in [0.15, 0.2) is 12.1 Å². The Morgan fingerprint density at radius 1 is 1.53 bits per heavy atom. The van der Waals surface area contributed by atoms with Gasteiger partial charge < -0.3 is 10.1 Å². The number of halogens is 1. The third-order valence-electron chi connectivity index (χ3n) is 3.20. The van der Waals surface area contributed by atoms with E-state index < -0.39 is 0 Å². The fourth-order valence-electron chi connectivity index (χ4n) is 2.37. The summed E-state index contributed by atoms with van der Waals surface area (Å²) in [6.45, 7) is 7.37. The van der Waals surface area contributed by atoms with Crippen molar-refractivity contribution in [2.75, 3.05) is 6.61 Å². The van der Waals surface area contributed by atoms with Crippen LogP contribution in [-0.2, 0) is 4.74 Å². The van der Waals surface area contributed by atoms with E-state index in [1.54, 1.807) is 11.3 Å². The number of rotatable bonds is 3. The highest BCUT2D eigenvalue weighted by molar-refractivity contribution is 7.16. The van der Waals surface area contributed by atoms with Crippen molar-refractivity contribution in [1.29, 1.82) is 0 Å². The van der Waals surface area contributed by atoms with Crippen molar-refractivity contribution in [2.24, 2.45) is 0 Å². The minimum Gasteiger partial charge on any atom is -0.375 e. The van der Waals surface area contributed by atoms with Gasteiger partial charge in [0.1, 0.15) is 0 Å². The Morgan fingerprint density at radius 3 is 2.88 bits per heavy atom. The average molecular weight is 274 g/mol. The van der Waals surface area contributed by atoms with E-state index in [-0.39, 0.29) is 5.60 Å². The third kappa shape index (κ3) is 3.68. The lowest BCUT2D eigenvalue weighted by atomic mass is 9.93. The Kier molecular flexibility index (Phi) is 4.14. The fraction of sp³-hybridized carbons (Fsp3) is 0.692. The number of thiophene rings is 1. The highest BCUT2D eigenvalue weighted by Gasteiger charge is 2.29. The molecule has 2 atom stereocenters. The maximum Gasteiger partial charge on any atom is 0.0931 e. The molecule has 0 saturated carbocycles. The highest BCUT2D eigenvalue weighted by Crippen LogP contribution is 2.29. The summed E-state index contributed by atoms with van der Waals surface area (Å²) in [5.74, 6) is 0. The predicted molar refractivity (Wildman–Crippen MR) is 73.9 cm³/mol. The fourth-order valence-corrected chi connectivity index (χ4v) is 3.44. The zero-order valence-corrected chi connectivity index (χ0v) is 12.2. The minimum absolute atomic E-state index is 0.00271. The highest BCUT2D eigenvalue weighted by atomic mass is 35.5. The van der Waals surface area contributed by atoms with Gasteiger partial charge in [0.05, 0.1) is 9.94 Å². The summed E-state index contributed by atoms with van der Waals surface area (Å²) in [5.41, 5.74) is 0.00271. The molecule has 96 valence electrons. The normalized spacial score (nSPS) is 25.8. The van der Waals surface area contributed by atoms with Gasteiger partial charge in [0.25, 0.3) is 0 Å². The molecular formula is C13H20ClNOS. The molecule has 2 nitrogen and oxygen atoms in total. The van der Waals surface area contributed by atoms with Crippen LogP contribution >= 0.6 is 22.9 Å². The maximum atomic E-state index is 5.96. The molecule has 0 aliphatic carbocycles. The van der Waals surface area contributed by atoms with E-state index in [4.69, 9.17) is 16.3 Å². The van der Waals surface area contributed by atoms with Crippen molar-refractivity contribution in [2.45, 2.75) is 51.3 Å². The second-order valence-corrected chi connectivity index (χ2v) is 7.07. The van der Waals surface area contributed by atoms with Gasteiger partial charge in [-0.2, -0.15) is 0 Å². The van der Waals surface area contributed by atoms with Crippen molar-refractivity contribution < 1.29 is 4.74 Å². The van der Waals surface area contributed by atoms with Crippen molar-refractivity contribution in [3.8, 4) is 0 Å². The molecule has 4 heteroatoms. The largest absolute Gasteiger partial charge is 0.375 e. The molecule has 1 aromatic rings. The van der Waals surface area contributed by atoms with Crippen LogP contribution in [0.2, 0.25) is 4.34 Å². The number of hydrogen-bond acceptors (Lipinski definition) is 3. The van der Waals surface area contributed by atoms with Crippen LogP contribution in [0.25, 0.3) is 0 Å². The standard InChI is InChI=1S/C13H20ClNOS/c1-9(11-4-5-12(14)17-11)15-10-6-7-16-13(2,3)8-10/h4-5,9-10,15H,6-8H2,1-3H3. The molecule has 2 heterocycles. The molecule has 1 fully saturated rings. The van der Waals surface area contributed by atoms with Crippen LogP contribution in [-0.4, -0.2) is 18.2 Å². The maximum absolute atomic E-state index is 5.96. The lowest BCUT2D eigenvalue weighted by Crippen LogP contribution is -2.44. The lowest BCUT2D eigenvalue weighted by molar-refractivity contribution is -0.0639. The van der Waals surface area contributed by atoms with Crippen molar-refractivity contribution in [3.63, 3.8) is 0 Å². The molecule has 1 aliphatic rings. The first kappa shape index (κ1) is 13.3. The topological polar surface area (TPSA) is 21.3 Å². The Hall–Kier alpha value is -0.0900. The third-order valence-corrected chi connectivity index (χ3v) is 4.62. The van der Waals surface area contributed by atoms with E-state index in [1.807, 2.05) is 6.07 Å². The summed E-state index contributed by atoms with van der Waals surface area (Å²) >= 11 is 7.62. The SMILES string of the molecule is CC(NC1CCOC(C)(C)C1)c1ccc(Cl)s1. The lowest BCUT2D eigenvalue weighted by Gasteiger charge is -2.37. The van der Waals surface area contributed by atoms with Crippen molar-refractivity contribution >= 4 is 22.9 Å². The van der Waals surface area contributed by atoms with Gasteiger partial charge in [0.2, 0.25) is 0 Å². The molecule has 0 aromatic carbocycles. The van der Waals surface area contributed by atoms with Gasteiger partial charge in [0.15, 0.2) is 0 Å². The molecule has 1 N–H and O–H groups in total. The van der Waals surface area contributed by atoms with Crippen LogP contribution in [0, 0.1) is 0 Å². The number of nitrogens with one attached hydrogen (secondary N) is 1. The monoisotopic (exact) mass is 273 g/mol.